The van der Waals surface area contributed by atoms with Crippen molar-refractivity contribution < 1.29 is 27.0 Å². The van der Waals surface area contributed by atoms with E-state index in [4.69, 9.17) is 9.47 Å². The molecule has 4 rings (SSSR count). The monoisotopic (exact) mass is 464 g/mol. The molecule has 33 heavy (non-hydrogen) atoms. The van der Waals surface area contributed by atoms with E-state index in [1.165, 1.54) is 4.57 Å². The van der Waals surface area contributed by atoms with E-state index in [1.54, 1.807) is 6.07 Å². The predicted octanol–water partition coefficient (Wildman–Crippen LogP) is 4.24. The lowest BCUT2D eigenvalue weighted by Crippen LogP contribution is -2.36. The van der Waals surface area contributed by atoms with Crippen LogP contribution < -0.4 is 20.1 Å². The molecule has 0 spiro atoms. The third-order valence-corrected chi connectivity index (χ3v) is 5.08. The molecule has 0 saturated heterocycles. The molecule has 0 N–H and O–H groups in total. The minimum atomic E-state index is -3.15. The van der Waals surface area contributed by atoms with E-state index in [2.05, 4.69) is 9.97 Å². The topological polar surface area (TPSA) is 69.5 Å². The number of hydrogen-bond acceptors (Lipinski definition) is 6. The summed E-state index contributed by atoms with van der Waals surface area (Å²) in [7, 11) is 1.84. The average molecular weight is 464 g/mol. The van der Waals surface area contributed by atoms with Crippen LogP contribution in [-0.2, 0) is 19.1 Å². The molecule has 1 aliphatic heterocycles. The number of fused-ring (bicyclic) bond motifs is 1. The van der Waals surface area contributed by atoms with Gasteiger partial charge in [0.2, 0.25) is 5.88 Å². The zero-order valence-electron chi connectivity index (χ0n) is 17.8. The first-order chi connectivity index (χ1) is 15.6. The molecular formula is C22H20F4N4O3. The Labute approximate surface area is 186 Å². The second-order valence-electron chi connectivity index (χ2n) is 7.71. The summed E-state index contributed by atoms with van der Waals surface area (Å²) in [4.78, 5) is 21.5. The number of rotatable bonds is 6. The largest absolute Gasteiger partial charge is 0.473 e. The molecular weight excluding hydrogens is 444 g/mol. The fraction of sp³-hybridized carbons (Fsp3) is 0.318. The molecule has 7 nitrogen and oxygen atoms in total. The van der Waals surface area contributed by atoms with Crippen LogP contribution >= 0.6 is 0 Å². The van der Waals surface area contributed by atoms with Gasteiger partial charge in [0.1, 0.15) is 23.9 Å². The number of alkyl halides is 2. The standard InChI is InChI=1S/C22H20F4N4O3/c1-22(25,26)17-5-4-14(11-27-17)33-20-15(23)8-13(9-16(20)24)12-32-18-10-19-29(2)6-3-7-30(19)21(31)28-18/h4-5,8-11H,3,6-7,12H2,1-2H3. The van der Waals surface area contributed by atoms with E-state index in [9.17, 15) is 22.4 Å². The fourth-order valence-corrected chi connectivity index (χ4v) is 3.42. The lowest BCUT2D eigenvalue weighted by Gasteiger charge is -2.28. The molecule has 3 aromatic rings. The SMILES string of the molecule is CN1CCCn2c1cc(OCc1cc(F)c(Oc3ccc(C(C)(F)F)nc3)c(F)c1)nc2=O. The van der Waals surface area contributed by atoms with Crippen molar-refractivity contribution in [2.45, 2.75) is 32.4 Å². The van der Waals surface area contributed by atoms with Gasteiger partial charge in [-0.1, -0.05) is 0 Å². The van der Waals surface area contributed by atoms with Crippen LogP contribution in [0.4, 0.5) is 23.4 Å². The van der Waals surface area contributed by atoms with Gasteiger partial charge in [0, 0.05) is 33.1 Å². The highest BCUT2D eigenvalue weighted by atomic mass is 19.3. The fourth-order valence-electron chi connectivity index (χ4n) is 3.42. The highest BCUT2D eigenvalue weighted by Crippen LogP contribution is 2.31. The van der Waals surface area contributed by atoms with E-state index >= 15 is 0 Å². The number of pyridine rings is 1. The summed E-state index contributed by atoms with van der Waals surface area (Å²) in [5.41, 5.74) is -0.815. The quantitative estimate of drug-likeness (QED) is 0.509. The van der Waals surface area contributed by atoms with Gasteiger partial charge in [-0.2, -0.15) is 13.8 Å². The number of hydrogen-bond donors (Lipinski definition) is 0. The number of nitrogens with zero attached hydrogens (tertiary/aromatic N) is 4. The maximum absolute atomic E-state index is 14.5. The highest BCUT2D eigenvalue weighted by Gasteiger charge is 2.26. The number of benzene rings is 1. The normalized spacial score (nSPS) is 13.6. The van der Waals surface area contributed by atoms with E-state index in [-0.39, 0.29) is 23.8 Å². The van der Waals surface area contributed by atoms with E-state index < -0.39 is 34.7 Å². The first kappa shape index (κ1) is 22.6. The van der Waals surface area contributed by atoms with Gasteiger partial charge in [0.15, 0.2) is 17.4 Å². The third-order valence-electron chi connectivity index (χ3n) is 5.08. The molecule has 0 radical (unpaired) electrons. The summed E-state index contributed by atoms with van der Waals surface area (Å²) in [6.45, 7) is 1.78. The average Bonchev–Trinajstić information content (AvgIpc) is 2.75. The minimum Gasteiger partial charge on any atom is -0.473 e. The van der Waals surface area contributed by atoms with Crippen molar-refractivity contribution in [2.24, 2.45) is 0 Å². The van der Waals surface area contributed by atoms with Gasteiger partial charge in [-0.3, -0.25) is 9.55 Å². The van der Waals surface area contributed by atoms with Crippen molar-refractivity contribution in [3.8, 4) is 17.4 Å². The Bertz CT molecular complexity index is 1200. The molecule has 174 valence electrons. The number of ether oxygens (including phenoxy) is 2. The van der Waals surface area contributed by atoms with E-state index in [1.807, 2.05) is 11.9 Å². The number of halogens is 4. The molecule has 3 heterocycles. The van der Waals surface area contributed by atoms with Gasteiger partial charge in [-0.05, 0) is 36.2 Å². The van der Waals surface area contributed by atoms with Crippen LogP contribution in [0, 0.1) is 11.6 Å². The van der Waals surface area contributed by atoms with Gasteiger partial charge in [0.05, 0.1) is 6.20 Å². The first-order valence-corrected chi connectivity index (χ1v) is 10.1. The zero-order chi connectivity index (χ0) is 23.8. The van der Waals surface area contributed by atoms with Crippen LogP contribution in [0.5, 0.6) is 17.4 Å². The van der Waals surface area contributed by atoms with E-state index in [0.29, 0.717) is 19.3 Å². The lowest BCUT2D eigenvalue weighted by molar-refractivity contribution is 0.0127. The molecule has 0 amide bonds. The number of anilines is 1. The van der Waals surface area contributed by atoms with Crippen molar-refractivity contribution in [1.82, 2.24) is 14.5 Å². The smallest absolute Gasteiger partial charge is 0.352 e. The Morgan fingerprint density at radius 3 is 2.48 bits per heavy atom. The summed E-state index contributed by atoms with van der Waals surface area (Å²) in [5.74, 6) is -5.30. The molecule has 1 aliphatic rings. The summed E-state index contributed by atoms with van der Waals surface area (Å²) >= 11 is 0. The van der Waals surface area contributed by atoms with Crippen LogP contribution in [0.1, 0.15) is 24.6 Å². The Kier molecular flexibility index (Phi) is 5.96. The van der Waals surface area contributed by atoms with Crippen molar-refractivity contribution in [3.63, 3.8) is 0 Å². The predicted molar refractivity (Wildman–Crippen MR) is 111 cm³/mol. The molecule has 0 saturated carbocycles. The van der Waals surface area contributed by atoms with Crippen molar-refractivity contribution >= 4 is 5.82 Å². The van der Waals surface area contributed by atoms with Crippen LogP contribution in [0.3, 0.4) is 0 Å². The Balaban J connectivity index is 1.48. The van der Waals surface area contributed by atoms with Gasteiger partial charge >= 0.3 is 5.69 Å². The highest BCUT2D eigenvalue weighted by molar-refractivity contribution is 5.43. The van der Waals surface area contributed by atoms with Crippen LogP contribution in [-0.4, -0.2) is 28.1 Å². The summed E-state index contributed by atoms with van der Waals surface area (Å²) < 4.78 is 67.7. The molecule has 2 aromatic heterocycles. The third kappa shape index (κ3) is 4.91. The van der Waals surface area contributed by atoms with E-state index in [0.717, 1.165) is 43.4 Å². The Morgan fingerprint density at radius 1 is 1.12 bits per heavy atom. The molecule has 1 aromatic carbocycles. The van der Waals surface area contributed by atoms with Gasteiger partial charge in [-0.25, -0.2) is 13.6 Å². The molecule has 0 bridgehead atoms. The van der Waals surface area contributed by atoms with Crippen molar-refractivity contribution in [2.75, 3.05) is 18.5 Å². The maximum atomic E-state index is 14.5. The maximum Gasteiger partial charge on any atom is 0.352 e. The number of aromatic nitrogens is 3. The minimum absolute atomic E-state index is 0.0417. The zero-order valence-corrected chi connectivity index (χ0v) is 17.8. The van der Waals surface area contributed by atoms with Gasteiger partial charge in [-0.15, -0.1) is 0 Å². The summed E-state index contributed by atoms with van der Waals surface area (Å²) in [6, 6.07) is 5.78. The molecule has 0 fully saturated rings. The summed E-state index contributed by atoms with van der Waals surface area (Å²) in [5, 5.41) is 0. The lowest BCUT2D eigenvalue weighted by atomic mass is 10.2. The molecule has 0 unspecified atom stereocenters. The van der Waals surface area contributed by atoms with Crippen LogP contribution in [0.15, 0.2) is 41.3 Å². The Morgan fingerprint density at radius 2 is 1.85 bits per heavy atom. The van der Waals surface area contributed by atoms with Gasteiger partial charge < -0.3 is 14.4 Å². The Hall–Kier alpha value is -3.63. The van der Waals surface area contributed by atoms with Crippen molar-refractivity contribution in [1.29, 1.82) is 0 Å². The van der Waals surface area contributed by atoms with Crippen molar-refractivity contribution in [3.05, 3.63) is 69.9 Å². The molecule has 11 heteroatoms. The van der Waals surface area contributed by atoms with Crippen LogP contribution in [0.25, 0.3) is 0 Å². The second-order valence-corrected chi connectivity index (χ2v) is 7.71. The van der Waals surface area contributed by atoms with Gasteiger partial charge in [0.25, 0.3) is 5.92 Å². The van der Waals surface area contributed by atoms with Crippen LogP contribution in [0.2, 0.25) is 0 Å². The summed E-state index contributed by atoms with van der Waals surface area (Å²) in [6.07, 6.45) is 1.78. The first-order valence-electron chi connectivity index (χ1n) is 10.1. The second kappa shape index (κ2) is 8.72. The molecule has 0 aliphatic carbocycles. The molecule has 0 atom stereocenters.